The lowest BCUT2D eigenvalue weighted by Gasteiger charge is -2.05. The molecule has 0 atom stereocenters. The van der Waals surface area contributed by atoms with Crippen molar-refractivity contribution in [2.75, 3.05) is 7.11 Å². The molecule has 3 aromatic rings. The number of hydrogen-bond donors (Lipinski definition) is 0. The average molecular weight is 297 g/mol. The second kappa shape index (κ2) is 5.33. The fraction of sp³-hybridized carbons (Fsp3) is 0.0625. The Hall–Kier alpha value is -3.15. The summed E-state index contributed by atoms with van der Waals surface area (Å²) in [7, 11) is 1.36. The zero-order valence-corrected chi connectivity index (χ0v) is 11.6. The van der Waals surface area contributed by atoms with Gasteiger partial charge in [0.05, 0.1) is 17.4 Å². The van der Waals surface area contributed by atoms with E-state index in [4.69, 9.17) is 9.15 Å². The Morgan fingerprint density at radius 1 is 1.14 bits per heavy atom. The predicted molar refractivity (Wildman–Crippen MR) is 81.1 cm³/mol. The molecule has 3 rings (SSSR count). The minimum atomic E-state index is -0.540. The third-order valence-corrected chi connectivity index (χ3v) is 3.33. The van der Waals surface area contributed by atoms with Crippen molar-refractivity contribution in [1.82, 2.24) is 0 Å². The molecule has 0 amide bonds. The van der Waals surface area contributed by atoms with Crippen molar-refractivity contribution in [3.8, 4) is 17.1 Å². The summed E-state index contributed by atoms with van der Waals surface area (Å²) >= 11 is 0. The molecule has 0 aliphatic heterocycles. The first kappa shape index (κ1) is 13.8. The van der Waals surface area contributed by atoms with E-state index in [2.05, 4.69) is 0 Å². The van der Waals surface area contributed by atoms with Gasteiger partial charge in [-0.15, -0.1) is 0 Å². The molecule has 0 aliphatic carbocycles. The summed E-state index contributed by atoms with van der Waals surface area (Å²) in [6.45, 7) is 0. The molecule has 0 saturated heterocycles. The van der Waals surface area contributed by atoms with Gasteiger partial charge in [0.25, 0.3) is 0 Å². The van der Waals surface area contributed by atoms with Crippen LogP contribution in [-0.4, -0.2) is 12.0 Å². The number of hydrogen-bond acceptors (Lipinski definition) is 5. The third kappa shape index (κ3) is 2.31. The van der Waals surface area contributed by atoms with Crippen LogP contribution in [0.5, 0.6) is 5.75 Å². The largest absolute Gasteiger partial charge is 0.490 e. The molecule has 110 valence electrons. The van der Waals surface area contributed by atoms with Crippen LogP contribution in [0.15, 0.2) is 57.7 Å². The van der Waals surface area contributed by atoms with Gasteiger partial charge in [0.15, 0.2) is 5.75 Å². The third-order valence-electron chi connectivity index (χ3n) is 3.33. The van der Waals surface area contributed by atoms with Gasteiger partial charge < -0.3 is 9.15 Å². The molecule has 0 aliphatic rings. The number of methoxy groups -OCH3 is 1. The summed E-state index contributed by atoms with van der Waals surface area (Å²) in [6, 6.07) is 13.1. The van der Waals surface area contributed by atoms with Gasteiger partial charge >= 0.3 is 11.3 Å². The fourth-order valence-corrected chi connectivity index (χ4v) is 2.26. The highest BCUT2D eigenvalue weighted by Crippen LogP contribution is 2.32. The normalized spacial score (nSPS) is 10.6. The van der Waals surface area contributed by atoms with E-state index in [9.17, 15) is 14.9 Å². The van der Waals surface area contributed by atoms with Gasteiger partial charge in [-0.3, -0.25) is 10.1 Å². The lowest BCUT2D eigenvalue weighted by Crippen LogP contribution is -2.00. The predicted octanol–water partition coefficient (Wildman–Crippen LogP) is 3.38. The summed E-state index contributed by atoms with van der Waals surface area (Å²) in [4.78, 5) is 22.5. The molecule has 1 heterocycles. The van der Waals surface area contributed by atoms with E-state index in [0.29, 0.717) is 16.3 Å². The quantitative estimate of drug-likeness (QED) is 0.546. The van der Waals surface area contributed by atoms with E-state index in [-0.39, 0.29) is 17.2 Å². The highest BCUT2D eigenvalue weighted by atomic mass is 16.6. The van der Waals surface area contributed by atoms with Crippen molar-refractivity contribution in [3.63, 3.8) is 0 Å². The summed E-state index contributed by atoms with van der Waals surface area (Å²) in [6.07, 6.45) is 0. The minimum absolute atomic E-state index is 0.150. The Morgan fingerprint density at radius 3 is 2.64 bits per heavy atom. The Labute approximate surface area is 124 Å². The second-order valence-corrected chi connectivity index (χ2v) is 4.63. The molecule has 0 spiro atoms. The molecule has 0 fully saturated rings. The van der Waals surface area contributed by atoms with Gasteiger partial charge in [-0.25, -0.2) is 4.79 Å². The Kier molecular flexibility index (Phi) is 3.34. The van der Waals surface area contributed by atoms with Crippen molar-refractivity contribution in [3.05, 3.63) is 69.1 Å². The lowest BCUT2D eigenvalue weighted by atomic mass is 10.1. The van der Waals surface area contributed by atoms with Crippen LogP contribution in [0.1, 0.15) is 0 Å². The van der Waals surface area contributed by atoms with Gasteiger partial charge in [-0.1, -0.05) is 18.2 Å². The monoisotopic (exact) mass is 297 g/mol. The highest BCUT2D eigenvalue weighted by molar-refractivity contribution is 5.84. The Morgan fingerprint density at radius 2 is 1.91 bits per heavy atom. The molecule has 0 bridgehead atoms. The van der Waals surface area contributed by atoms with Crippen LogP contribution in [0.25, 0.3) is 22.1 Å². The summed E-state index contributed by atoms with van der Waals surface area (Å²) in [5, 5.41) is 12.3. The van der Waals surface area contributed by atoms with E-state index in [1.807, 2.05) is 6.07 Å². The smallest absolute Gasteiger partial charge is 0.344 e. The van der Waals surface area contributed by atoms with Crippen molar-refractivity contribution in [2.45, 2.75) is 0 Å². The maximum absolute atomic E-state index is 12.0. The van der Waals surface area contributed by atoms with Gasteiger partial charge in [-0.05, 0) is 29.7 Å². The summed E-state index contributed by atoms with van der Waals surface area (Å²) in [5.41, 5.74) is -0.224. The molecular weight excluding hydrogens is 286 g/mol. The fourth-order valence-electron chi connectivity index (χ4n) is 2.26. The standard InChI is InChI=1S/C16H11NO5/c1-21-14-7-6-11(8-13(14)17(19)20)15-9-10-4-2-3-5-12(10)16(18)22-15/h2-9H,1H3. The van der Waals surface area contributed by atoms with E-state index in [0.717, 1.165) is 0 Å². The van der Waals surface area contributed by atoms with Crippen molar-refractivity contribution in [1.29, 1.82) is 0 Å². The number of nitro groups is 1. The number of nitro benzene ring substituents is 1. The number of benzene rings is 2. The molecule has 0 N–H and O–H groups in total. The van der Waals surface area contributed by atoms with Crippen molar-refractivity contribution >= 4 is 16.5 Å². The number of rotatable bonds is 3. The van der Waals surface area contributed by atoms with Crippen LogP contribution in [0, 0.1) is 10.1 Å². The molecule has 0 saturated carbocycles. The highest BCUT2D eigenvalue weighted by Gasteiger charge is 2.17. The Bertz CT molecular complexity index is 929. The number of ether oxygens (including phenoxy) is 1. The van der Waals surface area contributed by atoms with E-state index in [1.54, 1.807) is 30.3 Å². The van der Waals surface area contributed by atoms with Crippen LogP contribution in [0.4, 0.5) is 5.69 Å². The Balaban J connectivity index is 2.21. The maximum Gasteiger partial charge on any atom is 0.344 e. The molecular formula is C16H11NO5. The van der Waals surface area contributed by atoms with Crippen LogP contribution in [-0.2, 0) is 0 Å². The average Bonchev–Trinajstić information content (AvgIpc) is 2.54. The number of nitrogens with zero attached hydrogens (tertiary/aromatic N) is 1. The van der Waals surface area contributed by atoms with Gasteiger partial charge in [0.1, 0.15) is 5.76 Å². The van der Waals surface area contributed by atoms with Crippen molar-refractivity contribution in [2.24, 2.45) is 0 Å². The molecule has 6 nitrogen and oxygen atoms in total. The second-order valence-electron chi connectivity index (χ2n) is 4.63. The van der Waals surface area contributed by atoms with Crippen LogP contribution >= 0.6 is 0 Å². The topological polar surface area (TPSA) is 82.6 Å². The van der Waals surface area contributed by atoms with Gasteiger partial charge in [0.2, 0.25) is 0 Å². The van der Waals surface area contributed by atoms with E-state index in [1.165, 1.54) is 19.2 Å². The van der Waals surface area contributed by atoms with Gasteiger partial charge in [-0.2, -0.15) is 0 Å². The van der Waals surface area contributed by atoms with E-state index >= 15 is 0 Å². The minimum Gasteiger partial charge on any atom is -0.490 e. The van der Waals surface area contributed by atoms with Crippen molar-refractivity contribution < 1.29 is 14.1 Å². The zero-order valence-electron chi connectivity index (χ0n) is 11.6. The summed E-state index contributed by atoms with van der Waals surface area (Å²) in [5.74, 6) is 0.423. The molecule has 2 aromatic carbocycles. The molecule has 1 aromatic heterocycles. The zero-order chi connectivity index (χ0) is 15.7. The molecule has 0 unspecified atom stereocenters. The van der Waals surface area contributed by atoms with E-state index < -0.39 is 10.5 Å². The molecule has 6 heteroatoms. The van der Waals surface area contributed by atoms with Crippen LogP contribution < -0.4 is 10.4 Å². The van der Waals surface area contributed by atoms with Gasteiger partial charge in [0, 0.05) is 11.6 Å². The molecule has 22 heavy (non-hydrogen) atoms. The first-order valence-electron chi connectivity index (χ1n) is 6.46. The molecule has 0 radical (unpaired) electrons. The first-order chi connectivity index (χ1) is 10.6. The maximum atomic E-state index is 12.0. The summed E-state index contributed by atoms with van der Waals surface area (Å²) < 4.78 is 10.2. The number of fused-ring (bicyclic) bond motifs is 1. The lowest BCUT2D eigenvalue weighted by molar-refractivity contribution is -0.385. The SMILES string of the molecule is COc1ccc(-c2cc3ccccc3c(=O)o2)cc1[N+](=O)[O-]. The van der Waals surface area contributed by atoms with Crippen LogP contribution in [0.3, 0.4) is 0 Å². The first-order valence-corrected chi connectivity index (χ1v) is 6.46. The van der Waals surface area contributed by atoms with Crippen LogP contribution in [0.2, 0.25) is 0 Å².